The maximum Gasteiger partial charge on any atom is 0.258 e. The molecule has 9 aromatic rings. The van der Waals surface area contributed by atoms with Crippen molar-refractivity contribution in [3.8, 4) is 23.3 Å². The van der Waals surface area contributed by atoms with Gasteiger partial charge in [-0.3, -0.25) is 0 Å². The van der Waals surface area contributed by atoms with E-state index >= 15 is 0 Å². The Kier molecular flexibility index (Phi) is 9.13. The summed E-state index contributed by atoms with van der Waals surface area (Å²) >= 11 is 0. The fourth-order valence-electron chi connectivity index (χ4n) is 11.1. The van der Waals surface area contributed by atoms with Gasteiger partial charge in [0.05, 0.1) is 0 Å². The standard InChI is InChI=1S/C61H50B2N4O2/c1-60(2,3)39-33-52-56-54(35-39)68-58-48(62(56)46-29-19-20-30-50(46)66(52)43-25-15-9-16-26-43)38-49-59(64-58)69-55-36-40(61(4,5)6)34-53-57(55)63(49)47-32-31-45(37-51(47)67(53)44-27-17-10-18-28-44)65(41-21-11-7-12-22-41)42-23-13-8-14-24-42/h7-38H,1-6H3. The van der Waals surface area contributed by atoms with E-state index in [0.717, 1.165) is 84.5 Å². The van der Waals surface area contributed by atoms with Crippen LogP contribution in [0.5, 0.6) is 23.3 Å². The number of nitrogens with zero attached hydrogens (tertiary/aromatic N) is 4. The van der Waals surface area contributed by atoms with Gasteiger partial charge in [0.1, 0.15) is 11.5 Å². The Hall–Kier alpha value is -7.96. The lowest BCUT2D eigenvalue weighted by atomic mass is 9.31. The van der Waals surface area contributed by atoms with Gasteiger partial charge in [0.15, 0.2) is 0 Å². The lowest BCUT2D eigenvalue weighted by molar-refractivity contribution is 0.429. The highest BCUT2D eigenvalue weighted by Gasteiger charge is 2.48. The lowest BCUT2D eigenvalue weighted by Gasteiger charge is -2.43. The van der Waals surface area contributed by atoms with Crippen LogP contribution >= 0.6 is 0 Å². The summed E-state index contributed by atoms with van der Waals surface area (Å²) in [6.07, 6.45) is 0. The van der Waals surface area contributed by atoms with Gasteiger partial charge in [0.25, 0.3) is 13.4 Å². The van der Waals surface area contributed by atoms with Crippen LogP contribution < -0.4 is 57.0 Å². The second kappa shape index (κ2) is 15.3. The molecule has 0 amide bonds. The van der Waals surface area contributed by atoms with Gasteiger partial charge in [-0.1, -0.05) is 145 Å². The Morgan fingerprint density at radius 2 is 0.826 bits per heavy atom. The molecule has 4 aliphatic rings. The van der Waals surface area contributed by atoms with Gasteiger partial charge in [0.2, 0.25) is 11.8 Å². The van der Waals surface area contributed by atoms with Crippen LogP contribution in [0.2, 0.25) is 0 Å². The number of pyridine rings is 1. The Labute approximate surface area is 405 Å². The summed E-state index contributed by atoms with van der Waals surface area (Å²) in [7, 11) is 0. The van der Waals surface area contributed by atoms with Gasteiger partial charge >= 0.3 is 0 Å². The number of para-hydroxylation sites is 5. The topological polar surface area (TPSA) is 41.1 Å². The minimum Gasteiger partial charge on any atom is -0.440 e. The Morgan fingerprint density at radius 3 is 1.32 bits per heavy atom. The van der Waals surface area contributed by atoms with Gasteiger partial charge in [0, 0.05) is 51.2 Å². The summed E-state index contributed by atoms with van der Waals surface area (Å²) < 4.78 is 14.3. The van der Waals surface area contributed by atoms with E-state index in [1.165, 1.54) is 22.1 Å². The SMILES string of the molecule is CC(C)(C)c1cc2c3c(c1)N(c1ccccc1)c1ccccc1B3c1cc3c(nc1O2)Oc1cc(C(C)(C)C)cc2c1B3c1ccc(N(c3ccccc3)c3ccccc3)cc1N2c1ccccc1. The van der Waals surface area contributed by atoms with Gasteiger partial charge in [-0.05, 0) is 146 Å². The molecule has 0 N–H and O–H groups in total. The number of anilines is 9. The summed E-state index contributed by atoms with van der Waals surface area (Å²) in [6, 6.07) is 70.3. The zero-order valence-corrected chi connectivity index (χ0v) is 39.7. The average Bonchev–Trinajstić information content (AvgIpc) is 3.36. The highest BCUT2D eigenvalue weighted by Crippen LogP contribution is 2.47. The average molecular weight is 893 g/mol. The zero-order valence-electron chi connectivity index (χ0n) is 39.7. The number of hydrogen-bond acceptors (Lipinski definition) is 6. The summed E-state index contributed by atoms with van der Waals surface area (Å²) in [6.45, 7) is 13.3. The highest BCUT2D eigenvalue weighted by molar-refractivity contribution is 7.02. The maximum absolute atomic E-state index is 7.19. The number of fused-ring (bicyclic) bond motifs is 8. The summed E-state index contributed by atoms with van der Waals surface area (Å²) in [5.41, 5.74) is 18.7. The molecule has 13 rings (SSSR count). The van der Waals surface area contributed by atoms with E-state index in [1.54, 1.807) is 0 Å². The molecule has 332 valence electrons. The third-order valence-electron chi connectivity index (χ3n) is 14.4. The van der Waals surface area contributed by atoms with E-state index in [2.05, 4.69) is 250 Å². The molecule has 0 atom stereocenters. The second-order valence-corrected chi connectivity index (χ2v) is 20.8. The Bertz CT molecular complexity index is 3460. The van der Waals surface area contributed by atoms with E-state index in [4.69, 9.17) is 14.5 Å². The van der Waals surface area contributed by atoms with E-state index in [0.29, 0.717) is 11.8 Å². The summed E-state index contributed by atoms with van der Waals surface area (Å²) in [5, 5.41) is 0. The summed E-state index contributed by atoms with van der Waals surface area (Å²) in [5.74, 6) is 2.82. The molecular formula is C61H50B2N4O2. The van der Waals surface area contributed by atoms with Crippen LogP contribution in [-0.4, -0.2) is 18.4 Å². The van der Waals surface area contributed by atoms with Crippen molar-refractivity contribution >= 4 is 97.4 Å². The number of ether oxygens (including phenoxy) is 2. The largest absolute Gasteiger partial charge is 0.440 e. The molecule has 1 aromatic heterocycles. The van der Waals surface area contributed by atoms with Crippen molar-refractivity contribution in [3.05, 3.63) is 205 Å². The molecule has 0 unspecified atom stereocenters. The molecule has 0 fully saturated rings. The first-order valence-electron chi connectivity index (χ1n) is 24.1. The van der Waals surface area contributed by atoms with E-state index in [1.807, 2.05) is 0 Å². The number of benzene rings is 8. The summed E-state index contributed by atoms with van der Waals surface area (Å²) in [4.78, 5) is 12.7. The van der Waals surface area contributed by atoms with Crippen LogP contribution in [0, 0.1) is 0 Å². The van der Waals surface area contributed by atoms with Crippen molar-refractivity contribution in [2.75, 3.05) is 14.7 Å². The molecular weight excluding hydrogens is 842 g/mol. The Balaban J connectivity index is 1.07. The van der Waals surface area contributed by atoms with Gasteiger partial charge in [-0.15, -0.1) is 0 Å². The molecule has 69 heavy (non-hydrogen) atoms. The minimum absolute atomic E-state index is 0.135. The third-order valence-corrected chi connectivity index (χ3v) is 14.4. The zero-order chi connectivity index (χ0) is 46.8. The molecule has 8 heteroatoms. The molecule has 0 aliphatic carbocycles. The van der Waals surface area contributed by atoms with Crippen LogP contribution in [0.1, 0.15) is 52.7 Å². The number of rotatable bonds is 5. The fourth-order valence-corrected chi connectivity index (χ4v) is 11.1. The second-order valence-electron chi connectivity index (χ2n) is 20.8. The first kappa shape index (κ1) is 41.2. The Morgan fingerprint density at radius 1 is 0.391 bits per heavy atom. The predicted octanol–water partition coefficient (Wildman–Crippen LogP) is 12.0. The molecule has 6 nitrogen and oxygen atoms in total. The monoisotopic (exact) mass is 892 g/mol. The van der Waals surface area contributed by atoms with Gasteiger partial charge in [-0.2, -0.15) is 4.98 Å². The van der Waals surface area contributed by atoms with Crippen molar-refractivity contribution in [1.82, 2.24) is 4.98 Å². The molecule has 4 aliphatic heterocycles. The van der Waals surface area contributed by atoms with Crippen LogP contribution in [0.15, 0.2) is 194 Å². The molecule has 0 radical (unpaired) electrons. The molecule has 0 spiro atoms. The first-order valence-corrected chi connectivity index (χ1v) is 24.1. The highest BCUT2D eigenvalue weighted by atomic mass is 16.5. The van der Waals surface area contributed by atoms with Crippen LogP contribution in [0.25, 0.3) is 0 Å². The van der Waals surface area contributed by atoms with Crippen molar-refractivity contribution in [2.24, 2.45) is 0 Å². The van der Waals surface area contributed by atoms with Crippen molar-refractivity contribution in [1.29, 1.82) is 0 Å². The van der Waals surface area contributed by atoms with E-state index < -0.39 is 0 Å². The smallest absolute Gasteiger partial charge is 0.258 e. The van der Waals surface area contributed by atoms with Gasteiger partial charge in [-0.25, -0.2) is 0 Å². The maximum atomic E-state index is 7.19. The number of aromatic nitrogens is 1. The van der Waals surface area contributed by atoms with Crippen molar-refractivity contribution < 1.29 is 9.47 Å². The van der Waals surface area contributed by atoms with Crippen LogP contribution in [0.4, 0.5) is 51.2 Å². The van der Waals surface area contributed by atoms with Crippen molar-refractivity contribution in [2.45, 2.75) is 52.4 Å². The molecule has 0 saturated heterocycles. The normalized spacial score (nSPS) is 13.8. The molecule has 5 heterocycles. The molecule has 0 saturated carbocycles. The number of hydrogen-bond donors (Lipinski definition) is 0. The molecule has 8 aromatic carbocycles. The van der Waals surface area contributed by atoms with E-state index in [-0.39, 0.29) is 24.3 Å². The van der Waals surface area contributed by atoms with Crippen LogP contribution in [-0.2, 0) is 10.8 Å². The van der Waals surface area contributed by atoms with Crippen molar-refractivity contribution in [3.63, 3.8) is 0 Å². The fraction of sp³-hybridized carbons (Fsp3) is 0.131. The minimum atomic E-state index is -0.194. The third kappa shape index (κ3) is 6.53. The quantitative estimate of drug-likeness (QED) is 0.160. The lowest BCUT2D eigenvalue weighted by Crippen LogP contribution is -2.63. The van der Waals surface area contributed by atoms with Crippen LogP contribution in [0.3, 0.4) is 0 Å². The van der Waals surface area contributed by atoms with E-state index in [9.17, 15) is 0 Å². The molecule has 0 bridgehead atoms. The van der Waals surface area contributed by atoms with Gasteiger partial charge < -0.3 is 24.2 Å². The predicted molar refractivity (Wildman–Crippen MR) is 288 cm³/mol. The first-order chi connectivity index (χ1) is 33.5.